The number of hydrogen-bond acceptors (Lipinski definition) is 5. The Morgan fingerprint density at radius 3 is 2.78 bits per heavy atom. The van der Waals surface area contributed by atoms with Crippen molar-refractivity contribution < 1.29 is 14.3 Å². The molecule has 0 bridgehead atoms. The maximum atomic E-state index is 12.6. The molecule has 0 radical (unpaired) electrons. The van der Waals surface area contributed by atoms with Crippen molar-refractivity contribution in [1.29, 1.82) is 0 Å². The molecule has 0 spiro atoms. The van der Waals surface area contributed by atoms with Crippen molar-refractivity contribution >= 4 is 11.6 Å². The van der Waals surface area contributed by atoms with Gasteiger partial charge in [0, 0.05) is 36.1 Å². The van der Waals surface area contributed by atoms with Crippen molar-refractivity contribution in [3.05, 3.63) is 78.2 Å². The highest BCUT2D eigenvalue weighted by molar-refractivity contribution is 5.98. The Labute approximate surface area is 155 Å². The Hall–Kier alpha value is -3.67. The minimum absolute atomic E-state index is 0.0398. The van der Waals surface area contributed by atoms with Crippen molar-refractivity contribution in [3.63, 3.8) is 0 Å². The first-order chi connectivity index (χ1) is 13.3. The molecule has 2 aromatic carbocycles. The number of benzene rings is 2. The topological polar surface area (TPSA) is 65.7 Å². The van der Waals surface area contributed by atoms with Crippen LogP contribution in [-0.4, -0.2) is 26.9 Å². The molecule has 6 nitrogen and oxygen atoms in total. The highest BCUT2D eigenvalue weighted by Crippen LogP contribution is 2.32. The van der Waals surface area contributed by atoms with Gasteiger partial charge in [-0.1, -0.05) is 24.3 Å². The molecule has 0 amide bonds. The number of aromatic nitrogens is 3. The molecule has 6 heteroatoms. The van der Waals surface area contributed by atoms with Crippen LogP contribution in [0.15, 0.2) is 67.1 Å². The molecule has 132 valence electrons. The van der Waals surface area contributed by atoms with Gasteiger partial charge in [-0.2, -0.15) is 0 Å². The summed E-state index contributed by atoms with van der Waals surface area (Å²) >= 11 is 0. The second kappa shape index (κ2) is 6.25. The van der Waals surface area contributed by atoms with E-state index in [1.807, 2.05) is 47.1 Å². The van der Waals surface area contributed by atoms with E-state index in [0.29, 0.717) is 29.3 Å². The molecule has 1 aliphatic rings. The number of Topliss-reactive ketones (excluding diaryl/α,β-unsaturated/α-hetero) is 1. The molecule has 5 rings (SSSR count). The molecular formula is C21H15N3O3. The van der Waals surface area contributed by atoms with Crippen LogP contribution in [0.5, 0.6) is 11.5 Å². The van der Waals surface area contributed by atoms with Gasteiger partial charge >= 0.3 is 0 Å². The van der Waals surface area contributed by atoms with Gasteiger partial charge in [0.1, 0.15) is 0 Å². The molecule has 0 aliphatic carbocycles. The first-order valence-corrected chi connectivity index (χ1v) is 8.58. The zero-order chi connectivity index (χ0) is 18.2. The Balaban J connectivity index is 1.35. The third-order valence-corrected chi connectivity index (χ3v) is 4.54. The van der Waals surface area contributed by atoms with Crippen molar-refractivity contribution in [2.45, 2.75) is 6.42 Å². The molecular weight excluding hydrogens is 342 g/mol. The number of fused-ring (bicyclic) bond motifs is 2. The van der Waals surface area contributed by atoms with Gasteiger partial charge in [-0.25, -0.2) is 9.97 Å². The molecule has 1 aliphatic heterocycles. The van der Waals surface area contributed by atoms with E-state index in [9.17, 15) is 4.79 Å². The monoisotopic (exact) mass is 357 g/mol. The molecule has 0 fully saturated rings. The summed E-state index contributed by atoms with van der Waals surface area (Å²) in [5.74, 6) is 2.00. The fourth-order valence-electron chi connectivity index (χ4n) is 3.12. The quantitative estimate of drug-likeness (QED) is 0.523. The standard InChI is InChI=1S/C21H15N3O3/c25-18(16-6-7-19-20(11-16)27-13-26-19)10-14-2-4-15(5-3-14)17-12-24-9-1-8-22-21(24)23-17/h1-9,11-12H,10,13H2. The smallest absolute Gasteiger partial charge is 0.234 e. The molecule has 0 atom stereocenters. The molecule has 4 aromatic rings. The molecule has 2 aromatic heterocycles. The van der Waals surface area contributed by atoms with Gasteiger partial charge in [0.25, 0.3) is 0 Å². The average molecular weight is 357 g/mol. The van der Waals surface area contributed by atoms with Crippen molar-refractivity contribution in [1.82, 2.24) is 14.4 Å². The normalized spacial score (nSPS) is 12.4. The summed E-state index contributed by atoms with van der Waals surface area (Å²) in [4.78, 5) is 21.3. The van der Waals surface area contributed by atoms with Crippen molar-refractivity contribution in [3.8, 4) is 22.8 Å². The van der Waals surface area contributed by atoms with Crippen LogP contribution < -0.4 is 9.47 Å². The van der Waals surface area contributed by atoms with E-state index in [1.54, 1.807) is 24.4 Å². The Morgan fingerprint density at radius 1 is 1.07 bits per heavy atom. The number of ketones is 1. The number of carbonyl (C=O) groups excluding carboxylic acids is 1. The maximum absolute atomic E-state index is 12.6. The van der Waals surface area contributed by atoms with E-state index >= 15 is 0 Å². The molecule has 0 saturated carbocycles. The largest absolute Gasteiger partial charge is 0.454 e. The molecule has 3 heterocycles. The minimum Gasteiger partial charge on any atom is -0.454 e. The van der Waals surface area contributed by atoms with Gasteiger partial charge in [0.15, 0.2) is 17.3 Å². The number of ether oxygens (including phenoxy) is 2. The predicted octanol–water partition coefficient (Wildman–Crippen LogP) is 3.55. The van der Waals surface area contributed by atoms with Crippen LogP contribution in [0.1, 0.15) is 15.9 Å². The van der Waals surface area contributed by atoms with Crippen LogP contribution in [0, 0.1) is 0 Å². The lowest BCUT2D eigenvalue weighted by atomic mass is 10.0. The van der Waals surface area contributed by atoms with E-state index in [2.05, 4.69) is 9.97 Å². The summed E-state index contributed by atoms with van der Waals surface area (Å²) in [5.41, 5.74) is 3.40. The second-order valence-electron chi connectivity index (χ2n) is 6.32. The Morgan fingerprint density at radius 2 is 1.93 bits per heavy atom. The Bertz CT molecular complexity index is 1120. The highest BCUT2D eigenvalue weighted by atomic mass is 16.7. The summed E-state index contributed by atoms with van der Waals surface area (Å²) < 4.78 is 12.5. The number of rotatable bonds is 4. The third kappa shape index (κ3) is 2.91. The third-order valence-electron chi connectivity index (χ3n) is 4.54. The van der Waals surface area contributed by atoms with Crippen molar-refractivity contribution in [2.75, 3.05) is 6.79 Å². The summed E-state index contributed by atoms with van der Waals surface area (Å²) in [5, 5.41) is 0. The van der Waals surface area contributed by atoms with Crippen LogP contribution in [-0.2, 0) is 6.42 Å². The Kier molecular flexibility index (Phi) is 3.60. The summed E-state index contributed by atoms with van der Waals surface area (Å²) in [6, 6.07) is 15.0. The van der Waals surface area contributed by atoms with Crippen LogP contribution in [0.25, 0.3) is 17.0 Å². The number of carbonyl (C=O) groups is 1. The summed E-state index contributed by atoms with van der Waals surface area (Å²) in [6.07, 6.45) is 5.90. The lowest BCUT2D eigenvalue weighted by Gasteiger charge is -2.04. The summed E-state index contributed by atoms with van der Waals surface area (Å²) in [6.45, 7) is 0.201. The van der Waals surface area contributed by atoms with E-state index in [1.165, 1.54) is 0 Å². The van der Waals surface area contributed by atoms with E-state index in [4.69, 9.17) is 9.47 Å². The zero-order valence-electron chi connectivity index (χ0n) is 14.3. The number of imidazole rings is 1. The average Bonchev–Trinajstić information content (AvgIpc) is 3.34. The lowest BCUT2D eigenvalue weighted by molar-refractivity contribution is 0.0992. The molecule has 0 unspecified atom stereocenters. The number of hydrogen-bond donors (Lipinski definition) is 0. The van der Waals surface area contributed by atoms with Crippen LogP contribution in [0.3, 0.4) is 0 Å². The van der Waals surface area contributed by atoms with Gasteiger partial charge in [-0.05, 0) is 29.8 Å². The molecule has 0 saturated heterocycles. The fourth-order valence-corrected chi connectivity index (χ4v) is 3.12. The van der Waals surface area contributed by atoms with E-state index < -0.39 is 0 Å². The van der Waals surface area contributed by atoms with Gasteiger partial charge < -0.3 is 9.47 Å². The first kappa shape index (κ1) is 15.6. The van der Waals surface area contributed by atoms with Gasteiger partial charge in [-0.15, -0.1) is 0 Å². The fraction of sp³-hybridized carbons (Fsp3) is 0.0952. The van der Waals surface area contributed by atoms with Crippen molar-refractivity contribution in [2.24, 2.45) is 0 Å². The molecule has 0 N–H and O–H groups in total. The second-order valence-corrected chi connectivity index (χ2v) is 6.32. The maximum Gasteiger partial charge on any atom is 0.234 e. The van der Waals surface area contributed by atoms with E-state index in [-0.39, 0.29) is 12.6 Å². The zero-order valence-corrected chi connectivity index (χ0v) is 14.3. The lowest BCUT2D eigenvalue weighted by Crippen LogP contribution is -2.03. The van der Waals surface area contributed by atoms with Crippen LogP contribution >= 0.6 is 0 Å². The summed E-state index contributed by atoms with van der Waals surface area (Å²) in [7, 11) is 0. The van der Waals surface area contributed by atoms with Gasteiger partial charge in [0.2, 0.25) is 12.6 Å². The van der Waals surface area contributed by atoms with E-state index in [0.717, 1.165) is 16.8 Å². The molecule has 27 heavy (non-hydrogen) atoms. The predicted molar refractivity (Wildman–Crippen MR) is 99.0 cm³/mol. The van der Waals surface area contributed by atoms with Crippen LogP contribution in [0.4, 0.5) is 0 Å². The number of nitrogens with zero attached hydrogens (tertiary/aromatic N) is 3. The first-order valence-electron chi connectivity index (χ1n) is 8.58. The van der Waals surface area contributed by atoms with Gasteiger partial charge in [0.05, 0.1) is 5.69 Å². The van der Waals surface area contributed by atoms with Crippen LogP contribution in [0.2, 0.25) is 0 Å². The van der Waals surface area contributed by atoms with Gasteiger partial charge in [-0.3, -0.25) is 9.20 Å². The minimum atomic E-state index is 0.0398. The SMILES string of the molecule is O=C(Cc1ccc(-c2cn3cccnc3n2)cc1)c1ccc2c(c1)OCO2. The highest BCUT2D eigenvalue weighted by Gasteiger charge is 2.16.